The Hall–Kier alpha value is -3.26. The zero-order chi connectivity index (χ0) is 22.1. The molecule has 2 amide bonds. The van der Waals surface area contributed by atoms with Crippen molar-refractivity contribution in [3.8, 4) is 17.0 Å². The maximum absolute atomic E-state index is 13.7. The summed E-state index contributed by atoms with van der Waals surface area (Å²) in [6.07, 6.45) is 0.148. The fourth-order valence-electron chi connectivity index (χ4n) is 3.69. The third-order valence-electron chi connectivity index (χ3n) is 5.53. The number of nitrogens with zero attached hydrogens (tertiary/aromatic N) is 2. The summed E-state index contributed by atoms with van der Waals surface area (Å²) in [4.78, 5) is 31.5. The molecule has 0 aliphatic carbocycles. The van der Waals surface area contributed by atoms with Gasteiger partial charge in [-0.25, -0.2) is 9.37 Å². The van der Waals surface area contributed by atoms with Crippen molar-refractivity contribution in [3.05, 3.63) is 58.7 Å². The van der Waals surface area contributed by atoms with Crippen LogP contribution < -0.4 is 15.0 Å². The fraction of sp³-hybridized carbons (Fsp3) is 0.261. The number of aryl methyl sites for hydroxylation is 1. The Morgan fingerprint density at radius 1 is 1.29 bits per heavy atom. The Balaban J connectivity index is 1.48. The van der Waals surface area contributed by atoms with Gasteiger partial charge in [0, 0.05) is 29.6 Å². The Morgan fingerprint density at radius 3 is 2.87 bits per heavy atom. The van der Waals surface area contributed by atoms with Crippen molar-refractivity contribution in [1.82, 2.24) is 4.98 Å². The molecule has 2 heterocycles. The molecule has 1 fully saturated rings. The molecule has 4 rings (SSSR count). The molecule has 6 nitrogen and oxygen atoms in total. The average Bonchev–Trinajstić information content (AvgIpc) is 3.37. The Morgan fingerprint density at radius 2 is 2.10 bits per heavy atom. The Bertz CT molecular complexity index is 1160. The summed E-state index contributed by atoms with van der Waals surface area (Å²) in [5.74, 6) is -0.699. The topological polar surface area (TPSA) is 71.5 Å². The predicted octanol–water partition coefficient (Wildman–Crippen LogP) is 4.57. The lowest BCUT2D eigenvalue weighted by Crippen LogP contribution is -2.28. The van der Waals surface area contributed by atoms with Gasteiger partial charge in [-0.05, 0) is 49.2 Å². The number of amides is 2. The second-order valence-corrected chi connectivity index (χ2v) is 8.35. The lowest BCUT2D eigenvalue weighted by molar-refractivity contribution is -0.122. The van der Waals surface area contributed by atoms with Crippen LogP contribution in [0.15, 0.2) is 41.8 Å². The van der Waals surface area contributed by atoms with Gasteiger partial charge in [0.2, 0.25) is 11.8 Å². The molecular weight excluding hydrogens is 417 g/mol. The van der Waals surface area contributed by atoms with E-state index in [4.69, 9.17) is 4.74 Å². The minimum Gasteiger partial charge on any atom is -0.496 e. The minimum absolute atomic E-state index is 0.0711. The number of rotatable bonds is 5. The smallest absolute Gasteiger partial charge is 0.231 e. The molecule has 1 unspecified atom stereocenters. The molecule has 8 heteroatoms. The summed E-state index contributed by atoms with van der Waals surface area (Å²) >= 11 is 1.24. The fourth-order valence-corrected chi connectivity index (χ4v) is 4.40. The van der Waals surface area contributed by atoms with E-state index in [9.17, 15) is 14.0 Å². The summed E-state index contributed by atoms with van der Waals surface area (Å²) in [5.41, 5.74) is 3.99. The molecule has 1 aliphatic rings. The molecule has 2 aromatic carbocycles. The highest BCUT2D eigenvalue weighted by Gasteiger charge is 2.36. The zero-order valence-corrected chi connectivity index (χ0v) is 18.3. The second-order valence-electron chi connectivity index (χ2n) is 7.50. The number of hydrogen-bond donors (Lipinski definition) is 1. The van der Waals surface area contributed by atoms with Crippen molar-refractivity contribution in [2.24, 2.45) is 5.92 Å². The first-order chi connectivity index (χ1) is 14.9. The van der Waals surface area contributed by atoms with Crippen LogP contribution in [0.1, 0.15) is 17.5 Å². The first-order valence-corrected chi connectivity index (χ1v) is 10.7. The third kappa shape index (κ3) is 4.16. The molecule has 1 N–H and O–H groups in total. The number of carbonyl (C=O) groups is 2. The van der Waals surface area contributed by atoms with E-state index >= 15 is 0 Å². The molecule has 0 saturated carbocycles. The first kappa shape index (κ1) is 21.0. The average molecular weight is 440 g/mol. The van der Waals surface area contributed by atoms with Gasteiger partial charge in [-0.1, -0.05) is 12.1 Å². The van der Waals surface area contributed by atoms with Gasteiger partial charge in [0.05, 0.1) is 18.7 Å². The van der Waals surface area contributed by atoms with Crippen molar-refractivity contribution in [2.45, 2.75) is 20.3 Å². The summed E-state index contributed by atoms with van der Waals surface area (Å²) in [6, 6.07) is 10.0. The summed E-state index contributed by atoms with van der Waals surface area (Å²) in [5, 5.41) is 4.92. The van der Waals surface area contributed by atoms with E-state index in [-0.39, 0.29) is 18.2 Å². The molecular formula is C23H22FN3O3S. The van der Waals surface area contributed by atoms with Crippen molar-refractivity contribution < 1.29 is 18.7 Å². The van der Waals surface area contributed by atoms with Crippen LogP contribution in [0, 0.1) is 25.6 Å². The van der Waals surface area contributed by atoms with Crippen LogP contribution in [0.4, 0.5) is 15.2 Å². The van der Waals surface area contributed by atoms with E-state index in [1.165, 1.54) is 36.6 Å². The largest absolute Gasteiger partial charge is 0.496 e. The third-order valence-corrected chi connectivity index (χ3v) is 6.29. The van der Waals surface area contributed by atoms with Gasteiger partial charge in [0.25, 0.3) is 0 Å². The number of hydrogen-bond acceptors (Lipinski definition) is 5. The Labute approximate surface area is 183 Å². The van der Waals surface area contributed by atoms with Crippen molar-refractivity contribution in [1.29, 1.82) is 0 Å². The Kier molecular flexibility index (Phi) is 5.73. The van der Waals surface area contributed by atoms with E-state index < -0.39 is 11.7 Å². The van der Waals surface area contributed by atoms with Crippen LogP contribution in [-0.4, -0.2) is 30.5 Å². The van der Waals surface area contributed by atoms with E-state index in [0.29, 0.717) is 28.7 Å². The van der Waals surface area contributed by atoms with E-state index in [2.05, 4.69) is 10.3 Å². The predicted molar refractivity (Wildman–Crippen MR) is 119 cm³/mol. The molecule has 1 saturated heterocycles. The highest BCUT2D eigenvalue weighted by atomic mass is 32.1. The minimum atomic E-state index is -0.469. The number of halogens is 1. The first-order valence-electron chi connectivity index (χ1n) is 9.84. The maximum Gasteiger partial charge on any atom is 0.231 e. The highest BCUT2D eigenvalue weighted by molar-refractivity contribution is 7.14. The van der Waals surface area contributed by atoms with Gasteiger partial charge < -0.3 is 15.0 Å². The van der Waals surface area contributed by atoms with Gasteiger partial charge in [0.15, 0.2) is 5.13 Å². The molecule has 160 valence electrons. The number of methoxy groups -OCH3 is 1. The van der Waals surface area contributed by atoms with E-state index in [1.807, 2.05) is 32.0 Å². The number of aromatic nitrogens is 1. The van der Waals surface area contributed by atoms with E-state index in [1.54, 1.807) is 10.3 Å². The van der Waals surface area contributed by atoms with Crippen LogP contribution >= 0.6 is 11.3 Å². The van der Waals surface area contributed by atoms with E-state index in [0.717, 1.165) is 16.8 Å². The van der Waals surface area contributed by atoms with Crippen LogP contribution in [0.25, 0.3) is 11.3 Å². The number of ether oxygens (including phenoxy) is 1. The highest BCUT2D eigenvalue weighted by Crippen LogP contribution is 2.34. The van der Waals surface area contributed by atoms with Gasteiger partial charge in [-0.15, -0.1) is 11.3 Å². The standard InChI is InChI=1S/C23H22FN3O3S/c1-13-5-4-6-19(14(13)2)27-11-15(9-21(27)28)22(29)26-23-25-18(12-31-23)17-10-16(24)7-8-20(17)30-3/h4-8,10,12,15H,9,11H2,1-3H3,(H,25,26,29). The number of nitrogens with one attached hydrogen (secondary N) is 1. The van der Waals surface area contributed by atoms with Gasteiger partial charge in [-0.2, -0.15) is 0 Å². The lowest BCUT2D eigenvalue weighted by atomic mass is 10.1. The number of carbonyl (C=O) groups excluding carboxylic acids is 2. The molecule has 1 aromatic heterocycles. The maximum atomic E-state index is 13.7. The van der Waals surface area contributed by atoms with Crippen molar-refractivity contribution in [3.63, 3.8) is 0 Å². The van der Waals surface area contributed by atoms with Crippen LogP contribution in [0.2, 0.25) is 0 Å². The number of anilines is 2. The molecule has 3 aromatic rings. The molecule has 0 bridgehead atoms. The van der Waals surface area contributed by atoms with Crippen molar-refractivity contribution in [2.75, 3.05) is 23.9 Å². The normalized spacial score (nSPS) is 15.9. The molecule has 1 atom stereocenters. The summed E-state index contributed by atoms with van der Waals surface area (Å²) in [6.45, 7) is 4.30. The van der Waals surface area contributed by atoms with Crippen LogP contribution in [-0.2, 0) is 9.59 Å². The quantitative estimate of drug-likeness (QED) is 0.632. The summed E-state index contributed by atoms with van der Waals surface area (Å²) in [7, 11) is 1.50. The second kappa shape index (κ2) is 8.47. The molecule has 31 heavy (non-hydrogen) atoms. The SMILES string of the molecule is COc1ccc(F)cc1-c1csc(NC(=O)C2CC(=O)N(c3cccc(C)c3C)C2)n1. The number of benzene rings is 2. The zero-order valence-electron chi connectivity index (χ0n) is 17.4. The van der Waals surface area contributed by atoms with Crippen LogP contribution in [0.3, 0.4) is 0 Å². The van der Waals surface area contributed by atoms with Gasteiger partial charge in [0.1, 0.15) is 11.6 Å². The summed E-state index contributed by atoms with van der Waals surface area (Å²) < 4.78 is 18.9. The number of thiazole rings is 1. The monoisotopic (exact) mass is 439 g/mol. The van der Waals surface area contributed by atoms with Gasteiger partial charge >= 0.3 is 0 Å². The molecule has 1 aliphatic heterocycles. The van der Waals surface area contributed by atoms with Crippen molar-refractivity contribution >= 4 is 34.0 Å². The van der Waals surface area contributed by atoms with Crippen LogP contribution in [0.5, 0.6) is 5.75 Å². The molecule has 0 radical (unpaired) electrons. The molecule has 0 spiro atoms. The lowest BCUT2D eigenvalue weighted by Gasteiger charge is -2.20. The van der Waals surface area contributed by atoms with Gasteiger partial charge in [-0.3, -0.25) is 9.59 Å².